The molecule has 1 aliphatic heterocycles. The Bertz CT molecular complexity index is 889. The van der Waals surface area contributed by atoms with E-state index in [1.54, 1.807) is 33.8 Å². The minimum absolute atomic E-state index is 0. The molecule has 1 heterocycles. The van der Waals surface area contributed by atoms with Crippen molar-refractivity contribution in [1.29, 1.82) is 0 Å². The Morgan fingerprint density at radius 1 is 1.15 bits per heavy atom. The molecule has 0 bridgehead atoms. The third kappa shape index (κ3) is 4.64. The Balaban J connectivity index is 0.00000385. The highest BCUT2D eigenvalue weighted by Gasteiger charge is 2.67. The zero-order chi connectivity index (χ0) is 23.7. The van der Waals surface area contributed by atoms with Crippen LogP contribution in [0.15, 0.2) is 18.2 Å². The van der Waals surface area contributed by atoms with Gasteiger partial charge in [0.2, 0.25) is 0 Å². The number of fused-ring (bicyclic) bond motifs is 1. The summed E-state index contributed by atoms with van der Waals surface area (Å²) >= 11 is 6.11. The second kappa shape index (κ2) is 10.7. The number of hydrogen-bond acceptors (Lipinski definition) is 6. The standard InChI is InChI=1S/C24H31ClFNO5.ClH/c1-5-23(6-2,18(21(29)31-7-3)22(30)32-8-4)20(28)19-16-12-24(16,13-27-19)15-11-14(25)9-10-17(15)26;/h9-11,16,18-19,27H,5-8,12-13H2,1-4H3;1H/t16-,19?,24+;/m0./s1. The first-order chi connectivity index (χ1) is 15.2. The van der Waals surface area contributed by atoms with Crippen molar-refractivity contribution in [2.75, 3.05) is 19.8 Å². The zero-order valence-electron chi connectivity index (χ0n) is 19.4. The molecule has 1 saturated carbocycles. The molecule has 184 valence electrons. The van der Waals surface area contributed by atoms with Crippen molar-refractivity contribution in [3.63, 3.8) is 0 Å². The molecule has 9 heteroatoms. The van der Waals surface area contributed by atoms with Gasteiger partial charge in [0.05, 0.1) is 24.7 Å². The predicted octanol–water partition coefficient (Wildman–Crippen LogP) is 4.25. The van der Waals surface area contributed by atoms with Crippen LogP contribution in [-0.2, 0) is 29.3 Å². The van der Waals surface area contributed by atoms with E-state index < -0.39 is 34.7 Å². The Hall–Kier alpha value is -1.70. The second-order valence-electron chi connectivity index (χ2n) is 8.61. The maximum Gasteiger partial charge on any atom is 0.321 e. The molecule has 33 heavy (non-hydrogen) atoms. The molecule has 1 aromatic rings. The summed E-state index contributed by atoms with van der Waals surface area (Å²) in [6, 6.07) is 3.87. The number of halogens is 3. The molecule has 1 aromatic carbocycles. The predicted molar refractivity (Wildman–Crippen MR) is 125 cm³/mol. The molecule has 3 atom stereocenters. The Kier molecular flexibility index (Phi) is 8.93. The molecular formula is C24H32Cl2FNO5. The SMILES string of the molecule is CCOC(=O)C(C(=O)OCC)C(CC)(CC)C(=O)C1NC[C@@]2(c3cc(Cl)ccc3F)C[C@@H]12.Cl. The smallest absolute Gasteiger partial charge is 0.321 e. The first kappa shape index (κ1) is 27.5. The molecule has 1 aliphatic carbocycles. The van der Waals surface area contributed by atoms with E-state index in [-0.39, 0.29) is 56.0 Å². The summed E-state index contributed by atoms with van der Waals surface area (Å²) in [6.45, 7) is 7.49. The van der Waals surface area contributed by atoms with Crippen molar-refractivity contribution >= 4 is 41.7 Å². The first-order valence-corrected chi connectivity index (χ1v) is 11.7. The van der Waals surface area contributed by atoms with Crippen molar-refractivity contribution in [2.45, 2.75) is 58.4 Å². The fraction of sp³-hybridized carbons (Fsp3) is 0.625. The number of rotatable bonds is 10. The zero-order valence-corrected chi connectivity index (χ0v) is 21.0. The van der Waals surface area contributed by atoms with Crippen molar-refractivity contribution < 1.29 is 28.2 Å². The van der Waals surface area contributed by atoms with Gasteiger partial charge in [0.1, 0.15) is 5.82 Å². The molecule has 1 saturated heterocycles. The van der Waals surface area contributed by atoms with Crippen molar-refractivity contribution in [1.82, 2.24) is 5.32 Å². The van der Waals surface area contributed by atoms with Gasteiger partial charge in [-0.1, -0.05) is 25.4 Å². The number of carbonyl (C=O) groups excluding carboxylic acids is 3. The second-order valence-corrected chi connectivity index (χ2v) is 9.05. The Labute approximate surface area is 205 Å². The molecule has 0 radical (unpaired) electrons. The van der Waals surface area contributed by atoms with Crippen LogP contribution in [-0.4, -0.2) is 43.5 Å². The van der Waals surface area contributed by atoms with Crippen LogP contribution in [0.5, 0.6) is 0 Å². The molecule has 0 amide bonds. The lowest BCUT2D eigenvalue weighted by Gasteiger charge is -2.37. The van der Waals surface area contributed by atoms with Gasteiger partial charge in [0, 0.05) is 17.0 Å². The van der Waals surface area contributed by atoms with E-state index >= 15 is 0 Å². The Morgan fingerprint density at radius 2 is 1.73 bits per heavy atom. The largest absolute Gasteiger partial charge is 0.465 e. The van der Waals surface area contributed by atoms with Gasteiger partial charge in [-0.05, 0) is 62.8 Å². The number of Topliss-reactive ketones (excluding diaryl/α,β-unsaturated/α-hetero) is 1. The highest BCUT2D eigenvalue weighted by atomic mass is 35.5. The molecule has 0 spiro atoms. The summed E-state index contributed by atoms with van der Waals surface area (Å²) < 4.78 is 24.9. The molecule has 2 aliphatic rings. The van der Waals surface area contributed by atoms with Crippen molar-refractivity contribution in [2.24, 2.45) is 17.3 Å². The van der Waals surface area contributed by atoms with E-state index in [1.807, 2.05) is 0 Å². The van der Waals surface area contributed by atoms with Crippen molar-refractivity contribution in [3.05, 3.63) is 34.6 Å². The van der Waals surface area contributed by atoms with E-state index in [4.69, 9.17) is 21.1 Å². The van der Waals surface area contributed by atoms with Gasteiger partial charge in [-0.15, -0.1) is 12.4 Å². The lowest BCUT2D eigenvalue weighted by Crippen LogP contribution is -2.53. The quantitative estimate of drug-likeness (QED) is 0.379. The number of hydrogen-bond donors (Lipinski definition) is 1. The lowest BCUT2D eigenvalue weighted by atomic mass is 9.65. The van der Waals surface area contributed by atoms with E-state index in [9.17, 15) is 18.8 Å². The molecule has 6 nitrogen and oxygen atoms in total. The number of carbonyl (C=O) groups is 3. The highest BCUT2D eigenvalue weighted by molar-refractivity contribution is 6.30. The van der Waals surface area contributed by atoms with Crippen molar-refractivity contribution in [3.8, 4) is 0 Å². The summed E-state index contributed by atoms with van der Waals surface area (Å²) in [5.74, 6) is -3.54. The number of esters is 2. The van der Waals surface area contributed by atoms with Gasteiger partial charge >= 0.3 is 11.9 Å². The van der Waals surface area contributed by atoms with E-state index in [0.717, 1.165) is 0 Å². The third-order valence-electron chi connectivity index (χ3n) is 7.27. The van der Waals surface area contributed by atoms with Gasteiger partial charge in [0.15, 0.2) is 11.7 Å². The Morgan fingerprint density at radius 3 is 2.21 bits per heavy atom. The maximum absolute atomic E-state index is 14.6. The minimum Gasteiger partial charge on any atom is -0.465 e. The van der Waals surface area contributed by atoms with Gasteiger partial charge in [-0.3, -0.25) is 14.4 Å². The van der Waals surface area contributed by atoms with E-state index in [2.05, 4.69) is 5.32 Å². The topological polar surface area (TPSA) is 81.7 Å². The number of piperidine rings is 1. The van der Waals surface area contributed by atoms with E-state index in [1.165, 1.54) is 12.1 Å². The lowest BCUT2D eigenvalue weighted by molar-refractivity contribution is -0.172. The van der Waals surface area contributed by atoms with Gasteiger partial charge in [-0.25, -0.2) is 4.39 Å². The normalized spacial score (nSPS) is 23.5. The third-order valence-corrected chi connectivity index (χ3v) is 7.51. The van der Waals surface area contributed by atoms with E-state index in [0.29, 0.717) is 23.6 Å². The number of ether oxygens (including phenoxy) is 2. The van der Waals surface area contributed by atoms with Gasteiger partial charge < -0.3 is 14.8 Å². The molecule has 1 unspecified atom stereocenters. The summed E-state index contributed by atoms with van der Waals surface area (Å²) in [4.78, 5) is 39.6. The van der Waals surface area contributed by atoms with Crippen LogP contribution in [0.1, 0.15) is 52.5 Å². The van der Waals surface area contributed by atoms with Gasteiger partial charge in [-0.2, -0.15) is 0 Å². The maximum atomic E-state index is 14.6. The number of nitrogens with one attached hydrogen (secondary N) is 1. The van der Waals surface area contributed by atoms with Crippen LogP contribution in [0.2, 0.25) is 5.02 Å². The van der Waals surface area contributed by atoms with Crippen LogP contribution in [0.3, 0.4) is 0 Å². The number of ketones is 1. The van der Waals surface area contributed by atoms with Crippen LogP contribution >= 0.6 is 24.0 Å². The molecule has 1 N–H and O–H groups in total. The van der Waals surface area contributed by atoms with Crippen LogP contribution in [0, 0.1) is 23.1 Å². The summed E-state index contributed by atoms with van der Waals surface area (Å²) in [5.41, 5.74) is -1.28. The highest BCUT2D eigenvalue weighted by Crippen LogP contribution is 2.61. The summed E-state index contributed by atoms with van der Waals surface area (Å²) in [5, 5.41) is 3.69. The fourth-order valence-electron chi connectivity index (χ4n) is 5.42. The van der Waals surface area contributed by atoms with Crippen LogP contribution in [0.25, 0.3) is 0 Å². The summed E-state index contributed by atoms with van der Waals surface area (Å²) in [7, 11) is 0. The monoisotopic (exact) mass is 503 g/mol. The van der Waals surface area contributed by atoms with Crippen LogP contribution in [0.4, 0.5) is 4.39 Å². The molecule has 3 rings (SSSR count). The fourth-order valence-corrected chi connectivity index (χ4v) is 5.60. The average molecular weight is 504 g/mol. The number of benzene rings is 1. The van der Waals surface area contributed by atoms with Crippen LogP contribution < -0.4 is 5.32 Å². The summed E-state index contributed by atoms with van der Waals surface area (Å²) in [6.07, 6.45) is 1.18. The molecule has 0 aromatic heterocycles. The average Bonchev–Trinajstić information content (AvgIpc) is 3.38. The molecular weight excluding hydrogens is 472 g/mol. The van der Waals surface area contributed by atoms with Gasteiger partial charge in [0.25, 0.3) is 0 Å². The first-order valence-electron chi connectivity index (χ1n) is 11.3. The minimum atomic E-state index is -1.34. The molecule has 2 fully saturated rings.